The topological polar surface area (TPSA) is 44.5 Å². The minimum atomic E-state index is 0.0413. The van der Waals surface area contributed by atoms with Gasteiger partial charge in [-0.2, -0.15) is 0 Å². The fourth-order valence-corrected chi connectivity index (χ4v) is 2.73. The van der Waals surface area contributed by atoms with Crippen LogP contribution in [0.5, 0.6) is 11.5 Å². The summed E-state index contributed by atoms with van der Waals surface area (Å²) >= 11 is 3.50. The number of halogens is 1. The molecule has 0 radical (unpaired) electrons. The third-order valence-electron chi connectivity index (χ3n) is 3.20. The van der Waals surface area contributed by atoms with Gasteiger partial charge >= 0.3 is 0 Å². The van der Waals surface area contributed by atoms with Gasteiger partial charge in [-0.15, -0.1) is 0 Å². The number of rotatable bonds is 5. The summed E-state index contributed by atoms with van der Waals surface area (Å²) in [5.41, 5.74) is 7.28. The Balaban J connectivity index is 2.28. The predicted molar refractivity (Wildman–Crippen MR) is 71.5 cm³/mol. The maximum Gasteiger partial charge on any atom is 0.141 e. The summed E-state index contributed by atoms with van der Waals surface area (Å²) in [6.07, 6.45) is 3.66. The molecular formula is C13H18BrNO2. The van der Waals surface area contributed by atoms with E-state index in [1.165, 1.54) is 12.8 Å². The molecule has 0 spiro atoms. The quantitative estimate of drug-likeness (QED) is 0.907. The fourth-order valence-electron chi connectivity index (χ4n) is 2.05. The molecule has 0 aromatic heterocycles. The maximum atomic E-state index is 6.23. The van der Waals surface area contributed by atoms with Crippen LogP contribution in [0.4, 0.5) is 0 Å². The van der Waals surface area contributed by atoms with Crippen LogP contribution in [0.3, 0.4) is 0 Å². The lowest BCUT2D eigenvalue weighted by molar-refractivity contribution is 0.382. The number of benzene rings is 1. The monoisotopic (exact) mass is 299 g/mol. The lowest BCUT2D eigenvalue weighted by atomic mass is 10.0. The summed E-state index contributed by atoms with van der Waals surface area (Å²) in [4.78, 5) is 0. The van der Waals surface area contributed by atoms with Crippen molar-refractivity contribution in [1.82, 2.24) is 0 Å². The number of nitrogens with two attached hydrogens (primary N) is 1. The smallest absolute Gasteiger partial charge is 0.141 e. The van der Waals surface area contributed by atoms with Crippen molar-refractivity contribution in [1.29, 1.82) is 0 Å². The molecule has 1 unspecified atom stereocenters. The first kappa shape index (κ1) is 12.7. The Bertz CT molecular complexity index is 405. The molecule has 17 heavy (non-hydrogen) atoms. The molecule has 2 N–H and O–H groups in total. The highest BCUT2D eigenvalue weighted by Gasteiger charge is 2.26. The van der Waals surface area contributed by atoms with Gasteiger partial charge in [0.2, 0.25) is 0 Å². The second-order valence-electron chi connectivity index (χ2n) is 4.49. The normalized spacial score (nSPS) is 16.7. The molecule has 0 saturated heterocycles. The van der Waals surface area contributed by atoms with Gasteiger partial charge in [0.1, 0.15) is 16.0 Å². The summed E-state index contributed by atoms with van der Waals surface area (Å²) in [6.45, 7) is 0. The van der Waals surface area contributed by atoms with Crippen LogP contribution in [0, 0.1) is 5.92 Å². The summed E-state index contributed by atoms with van der Waals surface area (Å²) < 4.78 is 11.5. The zero-order valence-corrected chi connectivity index (χ0v) is 11.8. The van der Waals surface area contributed by atoms with E-state index >= 15 is 0 Å². The molecule has 1 atom stereocenters. The van der Waals surface area contributed by atoms with E-state index in [2.05, 4.69) is 15.9 Å². The minimum absolute atomic E-state index is 0.0413. The molecule has 1 aromatic carbocycles. The molecule has 3 nitrogen and oxygen atoms in total. The van der Waals surface area contributed by atoms with Crippen molar-refractivity contribution in [2.45, 2.75) is 25.3 Å². The van der Waals surface area contributed by atoms with Gasteiger partial charge < -0.3 is 15.2 Å². The second kappa shape index (κ2) is 5.27. The van der Waals surface area contributed by atoms with Crippen LogP contribution in [0.15, 0.2) is 16.6 Å². The summed E-state index contributed by atoms with van der Waals surface area (Å²) in [6, 6.07) is 3.96. The Kier molecular flexibility index (Phi) is 3.94. The molecular weight excluding hydrogens is 282 g/mol. The Hall–Kier alpha value is -0.740. The number of methoxy groups -OCH3 is 2. The van der Waals surface area contributed by atoms with Crippen molar-refractivity contribution in [2.24, 2.45) is 11.7 Å². The van der Waals surface area contributed by atoms with Gasteiger partial charge in [0.15, 0.2) is 0 Å². The van der Waals surface area contributed by atoms with Gasteiger partial charge in [-0.1, -0.05) is 12.8 Å². The van der Waals surface area contributed by atoms with Crippen LogP contribution >= 0.6 is 15.9 Å². The van der Waals surface area contributed by atoms with Gasteiger partial charge in [-0.25, -0.2) is 0 Å². The van der Waals surface area contributed by atoms with Crippen LogP contribution in [0.2, 0.25) is 0 Å². The zero-order valence-electron chi connectivity index (χ0n) is 10.2. The molecule has 1 aliphatic rings. The third kappa shape index (κ3) is 2.75. The summed E-state index contributed by atoms with van der Waals surface area (Å²) in [5, 5.41) is 0. The van der Waals surface area contributed by atoms with Crippen LogP contribution in [0.1, 0.15) is 30.9 Å². The molecule has 0 aliphatic heterocycles. The van der Waals surface area contributed by atoms with Crippen LogP contribution < -0.4 is 15.2 Å². The van der Waals surface area contributed by atoms with Crippen molar-refractivity contribution in [3.8, 4) is 11.5 Å². The molecule has 94 valence electrons. The minimum Gasteiger partial charge on any atom is -0.495 e. The zero-order chi connectivity index (χ0) is 12.4. The molecule has 0 amide bonds. The Morgan fingerprint density at radius 3 is 2.59 bits per heavy atom. The first-order chi connectivity index (χ1) is 8.17. The molecule has 1 fully saturated rings. The predicted octanol–water partition coefficient (Wildman–Crippen LogP) is 3.27. The van der Waals surface area contributed by atoms with Gasteiger partial charge in [0.05, 0.1) is 14.2 Å². The molecule has 1 saturated carbocycles. The van der Waals surface area contributed by atoms with E-state index in [1.807, 2.05) is 12.1 Å². The average molecular weight is 300 g/mol. The molecule has 1 aliphatic carbocycles. The number of hydrogen-bond acceptors (Lipinski definition) is 3. The van der Waals surface area contributed by atoms with Gasteiger partial charge in [0, 0.05) is 11.6 Å². The van der Waals surface area contributed by atoms with E-state index in [0.717, 1.165) is 33.9 Å². The van der Waals surface area contributed by atoms with Crippen LogP contribution in [0.25, 0.3) is 0 Å². The molecule has 4 heteroatoms. The Morgan fingerprint density at radius 1 is 1.35 bits per heavy atom. The highest BCUT2D eigenvalue weighted by Crippen LogP contribution is 2.43. The first-order valence-corrected chi connectivity index (χ1v) is 6.62. The van der Waals surface area contributed by atoms with Gasteiger partial charge in [-0.05, 0) is 40.4 Å². The molecule has 0 bridgehead atoms. The largest absolute Gasteiger partial charge is 0.495 e. The van der Waals surface area contributed by atoms with E-state index < -0.39 is 0 Å². The lowest BCUT2D eigenvalue weighted by Crippen LogP contribution is -2.12. The lowest BCUT2D eigenvalue weighted by Gasteiger charge is -2.18. The molecule has 0 heterocycles. The van der Waals surface area contributed by atoms with E-state index in [4.69, 9.17) is 15.2 Å². The van der Waals surface area contributed by atoms with Gasteiger partial charge in [0.25, 0.3) is 0 Å². The second-order valence-corrected chi connectivity index (χ2v) is 5.28. The van der Waals surface area contributed by atoms with Crippen molar-refractivity contribution < 1.29 is 9.47 Å². The van der Waals surface area contributed by atoms with E-state index in [1.54, 1.807) is 14.2 Å². The fraction of sp³-hybridized carbons (Fsp3) is 0.538. The third-order valence-corrected chi connectivity index (χ3v) is 3.95. The SMILES string of the molecule is COc1ccc(C(N)CC2CC2)c(OC)c1Br. The van der Waals surface area contributed by atoms with Gasteiger partial charge in [-0.3, -0.25) is 0 Å². The van der Waals surface area contributed by atoms with Crippen LogP contribution in [-0.4, -0.2) is 14.2 Å². The standard InChI is InChI=1S/C13H18BrNO2/c1-16-11-6-5-9(13(17-2)12(11)14)10(15)7-8-3-4-8/h5-6,8,10H,3-4,7,15H2,1-2H3. The Labute approximate surface area is 110 Å². The number of ether oxygens (including phenoxy) is 2. The van der Waals surface area contributed by atoms with E-state index in [0.29, 0.717) is 0 Å². The highest BCUT2D eigenvalue weighted by atomic mass is 79.9. The van der Waals surface area contributed by atoms with Crippen LogP contribution in [-0.2, 0) is 0 Å². The van der Waals surface area contributed by atoms with Crippen molar-refractivity contribution in [3.05, 3.63) is 22.2 Å². The first-order valence-electron chi connectivity index (χ1n) is 5.83. The van der Waals surface area contributed by atoms with Crippen molar-refractivity contribution >= 4 is 15.9 Å². The van der Waals surface area contributed by atoms with E-state index in [-0.39, 0.29) is 6.04 Å². The number of hydrogen-bond donors (Lipinski definition) is 1. The van der Waals surface area contributed by atoms with E-state index in [9.17, 15) is 0 Å². The highest BCUT2D eigenvalue weighted by molar-refractivity contribution is 9.10. The molecule has 2 rings (SSSR count). The maximum absolute atomic E-state index is 6.23. The average Bonchev–Trinajstić information content (AvgIpc) is 3.12. The molecule has 1 aromatic rings. The van der Waals surface area contributed by atoms with Crippen molar-refractivity contribution in [2.75, 3.05) is 14.2 Å². The Morgan fingerprint density at radius 2 is 2.06 bits per heavy atom. The van der Waals surface area contributed by atoms with Crippen molar-refractivity contribution in [3.63, 3.8) is 0 Å². The summed E-state index contributed by atoms with van der Waals surface area (Å²) in [5.74, 6) is 2.36. The summed E-state index contributed by atoms with van der Waals surface area (Å²) in [7, 11) is 3.30.